The van der Waals surface area contributed by atoms with Gasteiger partial charge in [0.1, 0.15) is 5.82 Å². The first-order valence-electron chi connectivity index (χ1n) is 8.46. The van der Waals surface area contributed by atoms with Gasteiger partial charge in [-0.3, -0.25) is 0 Å². The summed E-state index contributed by atoms with van der Waals surface area (Å²) < 4.78 is 1.63. The number of hydrogen-bond donors (Lipinski definition) is 3. The molecular weight excluding hydrogens is 330 g/mol. The zero-order valence-corrected chi connectivity index (χ0v) is 14.5. The Kier molecular flexibility index (Phi) is 5.76. The molecule has 0 radical (unpaired) electrons. The van der Waals surface area contributed by atoms with Crippen LogP contribution in [-0.2, 0) is 6.42 Å². The quantitative estimate of drug-likeness (QED) is 0.568. The average Bonchev–Trinajstić information content (AvgIpc) is 3.21. The number of aromatic nitrogens is 4. The van der Waals surface area contributed by atoms with Crippen molar-refractivity contribution < 1.29 is 4.79 Å². The summed E-state index contributed by atoms with van der Waals surface area (Å²) in [6, 6.07) is 13.0. The van der Waals surface area contributed by atoms with Crippen LogP contribution in [0.1, 0.15) is 12.5 Å². The second kappa shape index (κ2) is 8.61. The number of urea groups is 1. The van der Waals surface area contributed by atoms with E-state index in [1.807, 2.05) is 42.5 Å². The lowest BCUT2D eigenvalue weighted by Crippen LogP contribution is -2.32. The van der Waals surface area contributed by atoms with Crippen molar-refractivity contribution >= 4 is 17.5 Å². The lowest BCUT2D eigenvalue weighted by Gasteiger charge is -2.09. The third kappa shape index (κ3) is 4.79. The molecule has 0 aliphatic rings. The van der Waals surface area contributed by atoms with Gasteiger partial charge in [0.2, 0.25) is 0 Å². The van der Waals surface area contributed by atoms with E-state index in [-0.39, 0.29) is 6.03 Å². The number of amides is 2. The molecule has 8 nitrogen and oxygen atoms in total. The van der Waals surface area contributed by atoms with Crippen molar-refractivity contribution in [2.45, 2.75) is 13.3 Å². The molecule has 0 spiro atoms. The maximum Gasteiger partial charge on any atom is 0.319 e. The van der Waals surface area contributed by atoms with Crippen LogP contribution in [0.5, 0.6) is 0 Å². The van der Waals surface area contributed by atoms with Crippen molar-refractivity contribution in [3.8, 4) is 5.82 Å². The Labute approximate surface area is 151 Å². The summed E-state index contributed by atoms with van der Waals surface area (Å²) >= 11 is 0. The minimum absolute atomic E-state index is 0.240. The highest BCUT2D eigenvalue weighted by Gasteiger charge is 2.02. The molecule has 1 aromatic carbocycles. The number of hydrogen-bond acceptors (Lipinski definition) is 5. The summed E-state index contributed by atoms with van der Waals surface area (Å²) in [6.07, 6.45) is 4.46. The molecule has 2 amide bonds. The molecule has 134 valence electrons. The van der Waals surface area contributed by atoms with Gasteiger partial charge in [-0.2, -0.15) is 5.10 Å². The topological polar surface area (TPSA) is 96.8 Å². The molecule has 2 aromatic heterocycles. The Morgan fingerprint density at radius 3 is 2.58 bits per heavy atom. The van der Waals surface area contributed by atoms with Crippen LogP contribution < -0.4 is 16.0 Å². The molecule has 3 aromatic rings. The van der Waals surface area contributed by atoms with Gasteiger partial charge in [-0.25, -0.2) is 9.48 Å². The second-order valence-electron chi connectivity index (χ2n) is 5.59. The summed E-state index contributed by atoms with van der Waals surface area (Å²) in [5.74, 6) is 1.28. The molecule has 26 heavy (non-hydrogen) atoms. The van der Waals surface area contributed by atoms with Crippen LogP contribution in [0.25, 0.3) is 5.82 Å². The number of carbonyl (C=O) groups excluding carboxylic acids is 1. The molecule has 3 rings (SSSR count). The number of anilines is 2. The third-order valence-electron chi connectivity index (χ3n) is 3.73. The van der Waals surface area contributed by atoms with Crippen molar-refractivity contribution in [2.24, 2.45) is 0 Å². The van der Waals surface area contributed by atoms with Crippen LogP contribution in [0, 0.1) is 0 Å². The zero-order chi connectivity index (χ0) is 18.2. The molecule has 0 saturated heterocycles. The van der Waals surface area contributed by atoms with Crippen LogP contribution in [0.3, 0.4) is 0 Å². The van der Waals surface area contributed by atoms with E-state index in [0.29, 0.717) is 24.7 Å². The molecule has 8 heteroatoms. The lowest BCUT2D eigenvalue weighted by molar-refractivity contribution is 0.252. The molecule has 0 aliphatic carbocycles. The van der Waals surface area contributed by atoms with E-state index in [1.165, 1.54) is 5.56 Å². The molecule has 0 atom stereocenters. The van der Waals surface area contributed by atoms with Crippen LogP contribution >= 0.6 is 0 Å². The summed E-state index contributed by atoms with van der Waals surface area (Å²) in [7, 11) is 0. The molecular formula is C18H21N7O. The summed E-state index contributed by atoms with van der Waals surface area (Å²) in [4.78, 5) is 11.9. The highest BCUT2D eigenvalue weighted by Crippen LogP contribution is 2.09. The fraction of sp³-hybridized carbons (Fsp3) is 0.222. The Balaban J connectivity index is 1.38. The van der Waals surface area contributed by atoms with E-state index in [9.17, 15) is 4.79 Å². The number of benzene rings is 1. The van der Waals surface area contributed by atoms with Crippen molar-refractivity contribution in [3.63, 3.8) is 0 Å². The van der Waals surface area contributed by atoms with Crippen LogP contribution in [-0.4, -0.2) is 39.1 Å². The van der Waals surface area contributed by atoms with Gasteiger partial charge in [0.15, 0.2) is 5.82 Å². The van der Waals surface area contributed by atoms with Gasteiger partial charge in [0.05, 0.1) is 0 Å². The second-order valence-corrected chi connectivity index (χ2v) is 5.59. The third-order valence-corrected chi connectivity index (χ3v) is 3.73. The van der Waals surface area contributed by atoms with Crippen LogP contribution in [0.2, 0.25) is 0 Å². The van der Waals surface area contributed by atoms with Crippen LogP contribution in [0.15, 0.2) is 54.9 Å². The van der Waals surface area contributed by atoms with E-state index in [4.69, 9.17) is 0 Å². The molecule has 0 saturated carbocycles. The Morgan fingerprint density at radius 2 is 1.92 bits per heavy atom. The Morgan fingerprint density at radius 1 is 1.08 bits per heavy atom. The molecule has 3 N–H and O–H groups in total. The fourth-order valence-electron chi connectivity index (χ4n) is 2.31. The van der Waals surface area contributed by atoms with Gasteiger partial charge in [-0.05, 0) is 42.3 Å². The van der Waals surface area contributed by atoms with Crippen molar-refractivity contribution in [3.05, 3.63) is 60.4 Å². The Hall–Kier alpha value is -3.42. The van der Waals surface area contributed by atoms with Crippen molar-refractivity contribution in [1.82, 2.24) is 25.3 Å². The maximum atomic E-state index is 11.9. The number of nitrogens with zero attached hydrogens (tertiary/aromatic N) is 4. The van der Waals surface area contributed by atoms with Crippen molar-refractivity contribution in [2.75, 3.05) is 23.7 Å². The highest BCUT2D eigenvalue weighted by molar-refractivity contribution is 5.89. The maximum absolute atomic E-state index is 11.9. The monoisotopic (exact) mass is 351 g/mol. The normalized spacial score (nSPS) is 10.3. The van der Waals surface area contributed by atoms with Gasteiger partial charge in [-0.15, -0.1) is 10.2 Å². The van der Waals surface area contributed by atoms with Gasteiger partial charge < -0.3 is 16.0 Å². The van der Waals surface area contributed by atoms with E-state index >= 15 is 0 Å². The predicted octanol–water partition coefficient (Wildman–Crippen LogP) is 2.46. The minimum atomic E-state index is -0.240. The molecule has 0 bridgehead atoms. The minimum Gasteiger partial charge on any atom is -0.367 e. The summed E-state index contributed by atoms with van der Waals surface area (Å²) in [5.41, 5.74) is 2.01. The highest BCUT2D eigenvalue weighted by atomic mass is 16.2. The number of aryl methyl sites for hydroxylation is 1. The average molecular weight is 351 g/mol. The van der Waals surface area contributed by atoms with E-state index in [1.54, 1.807) is 17.1 Å². The number of rotatable bonds is 7. The van der Waals surface area contributed by atoms with Gasteiger partial charge in [0, 0.05) is 31.2 Å². The van der Waals surface area contributed by atoms with Gasteiger partial charge >= 0.3 is 6.03 Å². The fourth-order valence-corrected chi connectivity index (χ4v) is 2.31. The smallest absolute Gasteiger partial charge is 0.319 e. The standard InChI is InChI=1S/C18H21N7O/c1-2-14-4-6-15(7-5-14)22-18(26)20-12-11-19-16-8-9-17(24-23-16)25-13-3-10-21-25/h3-10,13H,2,11-12H2,1H3,(H,19,23)(H2,20,22,26). The van der Waals surface area contributed by atoms with E-state index in [2.05, 4.69) is 38.2 Å². The Bertz CT molecular complexity index is 814. The van der Waals surface area contributed by atoms with Gasteiger partial charge in [-0.1, -0.05) is 19.1 Å². The summed E-state index contributed by atoms with van der Waals surface area (Å²) in [6.45, 7) is 3.09. The predicted molar refractivity (Wildman–Crippen MR) is 100 cm³/mol. The first-order chi connectivity index (χ1) is 12.7. The largest absolute Gasteiger partial charge is 0.367 e. The van der Waals surface area contributed by atoms with Gasteiger partial charge in [0.25, 0.3) is 0 Å². The molecule has 0 aliphatic heterocycles. The summed E-state index contributed by atoms with van der Waals surface area (Å²) in [5, 5.41) is 21.0. The number of nitrogens with one attached hydrogen (secondary N) is 3. The number of carbonyl (C=O) groups is 1. The SMILES string of the molecule is CCc1ccc(NC(=O)NCCNc2ccc(-n3cccn3)nn2)cc1. The lowest BCUT2D eigenvalue weighted by atomic mass is 10.1. The molecule has 2 heterocycles. The first kappa shape index (κ1) is 17.4. The van der Waals surface area contributed by atoms with E-state index in [0.717, 1.165) is 12.1 Å². The van der Waals surface area contributed by atoms with E-state index < -0.39 is 0 Å². The molecule has 0 fully saturated rings. The van der Waals surface area contributed by atoms with Crippen LogP contribution in [0.4, 0.5) is 16.3 Å². The first-order valence-corrected chi connectivity index (χ1v) is 8.46. The zero-order valence-electron chi connectivity index (χ0n) is 14.5. The molecule has 0 unspecified atom stereocenters. The van der Waals surface area contributed by atoms with Crippen molar-refractivity contribution in [1.29, 1.82) is 0 Å².